The van der Waals surface area contributed by atoms with E-state index in [1.807, 2.05) is 30.3 Å². The molecule has 0 heterocycles. The number of para-hydroxylation sites is 1. The molecule has 1 aromatic rings. The summed E-state index contributed by atoms with van der Waals surface area (Å²) in [7, 11) is 0. The van der Waals surface area contributed by atoms with Gasteiger partial charge in [0.1, 0.15) is 0 Å². The van der Waals surface area contributed by atoms with Crippen LogP contribution in [0.25, 0.3) is 0 Å². The fourth-order valence-electron chi connectivity index (χ4n) is 2.55. The minimum Gasteiger partial charge on any atom is -0.465 e. The van der Waals surface area contributed by atoms with E-state index in [4.69, 9.17) is 9.47 Å². The summed E-state index contributed by atoms with van der Waals surface area (Å²) in [5.74, 6) is -1.90. The van der Waals surface area contributed by atoms with E-state index in [0.717, 1.165) is 24.9 Å². The maximum Gasteiger partial charge on any atom is 0.320 e. The lowest BCUT2D eigenvalue weighted by Gasteiger charge is -2.14. The van der Waals surface area contributed by atoms with Gasteiger partial charge in [0.25, 0.3) is 0 Å². The first-order valence-corrected chi connectivity index (χ1v) is 9.26. The lowest BCUT2D eigenvalue weighted by molar-refractivity contribution is -0.162. The molecule has 0 saturated carbocycles. The Morgan fingerprint density at radius 3 is 2.04 bits per heavy atom. The van der Waals surface area contributed by atoms with Crippen LogP contribution in [-0.4, -0.2) is 31.1 Å². The monoisotopic (exact) mass is 363 g/mol. The molecule has 0 fully saturated rings. The minimum absolute atomic E-state index is 0.00729. The normalized spacial score (nSPS) is 10.4. The zero-order valence-corrected chi connectivity index (χ0v) is 15.7. The number of carbonyl (C=O) groups excluding carboxylic acids is 3. The third kappa shape index (κ3) is 8.65. The molecule has 6 heteroatoms. The van der Waals surface area contributed by atoms with Gasteiger partial charge in [0.2, 0.25) is 5.91 Å². The SMILES string of the molecule is CCOC(=O)C(CCCCCCC(=O)Nc1ccccc1)C(=O)OCC. The van der Waals surface area contributed by atoms with Crippen LogP contribution in [0.5, 0.6) is 0 Å². The van der Waals surface area contributed by atoms with Crippen molar-refractivity contribution < 1.29 is 23.9 Å². The van der Waals surface area contributed by atoms with Crippen LogP contribution >= 0.6 is 0 Å². The predicted octanol–water partition coefficient (Wildman–Crippen LogP) is 3.71. The molecule has 6 nitrogen and oxygen atoms in total. The summed E-state index contributed by atoms with van der Waals surface area (Å²) in [6.45, 7) is 3.90. The molecule has 144 valence electrons. The van der Waals surface area contributed by atoms with Crippen molar-refractivity contribution in [1.29, 1.82) is 0 Å². The van der Waals surface area contributed by atoms with Crippen LogP contribution in [0.15, 0.2) is 30.3 Å². The van der Waals surface area contributed by atoms with Crippen LogP contribution in [0.4, 0.5) is 5.69 Å². The van der Waals surface area contributed by atoms with Crippen molar-refractivity contribution in [2.24, 2.45) is 5.92 Å². The third-order valence-corrected chi connectivity index (χ3v) is 3.85. The highest BCUT2D eigenvalue weighted by molar-refractivity contribution is 5.94. The molecule has 0 bridgehead atoms. The second-order valence-electron chi connectivity index (χ2n) is 5.92. The largest absolute Gasteiger partial charge is 0.465 e. The predicted molar refractivity (Wildman–Crippen MR) is 99.5 cm³/mol. The summed E-state index contributed by atoms with van der Waals surface area (Å²) in [5.41, 5.74) is 0.796. The lowest BCUT2D eigenvalue weighted by Crippen LogP contribution is -2.28. The van der Waals surface area contributed by atoms with Crippen molar-refractivity contribution in [3.05, 3.63) is 30.3 Å². The third-order valence-electron chi connectivity index (χ3n) is 3.85. The number of carbonyl (C=O) groups is 3. The minimum atomic E-state index is -0.851. The van der Waals surface area contributed by atoms with Crippen LogP contribution in [0.2, 0.25) is 0 Å². The van der Waals surface area contributed by atoms with E-state index in [1.165, 1.54) is 0 Å². The van der Waals surface area contributed by atoms with Crippen molar-refractivity contribution in [1.82, 2.24) is 0 Å². The second-order valence-corrected chi connectivity index (χ2v) is 5.92. The number of unbranched alkanes of at least 4 members (excludes halogenated alkanes) is 3. The van der Waals surface area contributed by atoms with Gasteiger partial charge in [0.15, 0.2) is 5.92 Å². The molecule has 1 aromatic carbocycles. The van der Waals surface area contributed by atoms with Gasteiger partial charge in [-0.2, -0.15) is 0 Å². The Balaban J connectivity index is 2.23. The van der Waals surface area contributed by atoms with Gasteiger partial charge in [-0.3, -0.25) is 14.4 Å². The molecular formula is C20H29NO5. The van der Waals surface area contributed by atoms with E-state index in [9.17, 15) is 14.4 Å². The summed E-state index contributed by atoms with van der Waals surface area (Å²) in [6, 6.07) is 9.35. The number of amides is 1. The summed E-state index contributed by atoms with van der Waals surface area (Å²) in [4.78, 5) is 35.6. The number of nitrogens with one attached hydrogen (secondary N) is 1. The summed E-state index contributed by atoms with van der Waals surface area (Å²) < 4.78 is 9.89. The highest BCUT2D eigenvalue weighted by Gasteiger charge is 2.28. The fourth-order valence-corrected chi connectivity index (χ4v) is 2.55. The van der Waals surface area contributed by atoms with Crippen LogP contribution in [0.1, 0.15) is 52.4 Å². The van der Waals surface area contributed by atoms with E-state index < -0.39 is 17.9 Å². The summed E-state index contributed by atoms with van der Waals surface area (Å²) in [6.07, 6.45) is 4.04. The Hall–Kier alpha value is -2.37. The average molecular weight is 363 g/mol. The maximum atomic E-state index is 11.9. The van der Waals surface area contributed by atoms with Crippen LogP contribution in [0, 0.1) is 5.92 Å². The van der Waals surface area contributed by atoms with Gasteiger partial charge in [0.05, 0.1) is 13.2 Å². The Kier molecular flexibility index (Phi) is 10.8. The van der Waals surface area contributed by atoms with Gasteiger partial charge in [-0.25, -0.2) is 0 Å². The quantitative estimate of drug-likeness (QED) is 0.348. The van der Waals surface area contributed by atoms with Gasteiger partial charge in [0, 0.05) is 12.1 Å². The first kappa shape index (κ1) is 21.7. The molecule has 1 amide bonds. The van der Waals surface area contributed by atoms with E-state index in [0.29, 0.717) is 19.3 Å². The van der Waals surface area contributed by atoms with Crippen molar-refractivity contribution in [2.45, 2.75) is 52.4 Å². The Morgan fingerprint density at radius 2 is 1.46 bits per heavy atom. The van der Waals surface area contributed by atoms with Crippen LogP contribution in [-0.2, 0) is 23.9 Å². The Bertz CT molecular complexity index is 541. The number of benzene rings is 1. The molecule has 0 aromatic heterocycles. The molecule has 1 N–H and O–H groups in total. The number of anilines is 1. The van der Waals surface area contributed by atoms with E-state index >= 15 is 0 Å². The van der Waals surface area contributed by atoms with Crippen molar-refractivity contribution in [2.75, 3.05) is 18.5 Å². The molecule has 0 atom stereocenters. The summed E-state index contributed by atoms with van der Waals surface area (Å²) >= 11 is 0. The van der Waals surface area contributed by atoms with Gasteiger partial charge in [-0.1, -0.05) is 37.5 Å². The number of esters is 2. The number of rotatable bonds is 12. The zero-order valence-electron chi connectivity index (χ0n) is 15.7. The lowest BCUT2D eigenvalue weighted by atomic mass is 10.0. The smallest absolute Gasteiger partial charge is 0.320 e. The molecule has 0 spiro atoms. The van der Waals surface area contributed by atoms with Gasteiger partial charge >= 0.3 is 11.9 Å². The van der Waals surface area contributed by atoms with E-state index in [2.05, 4.69) is 5.32 Å². The zero-order chi connectivity index (χ0) is 19.2. The average Bonchev–Trinajstić information content (AvgIpc) is 2.62. The number of ether oxygens (including phenoxy) is 2. The molecule has 0 unspecified atom stereocenters. The summed E-state index contributed by atoms with van der Waals surface area (Å²) in [5, 5.41) is 2.85. The topological polar surface area (TPSA) is 81.7 Å². The Labute approximate surface area is 155 Å². The standard InChI is InChI=1S/C20H29NO5/c1-3-25-19(23)17(20(24)26-4-2)14-10-5-6-11-15-18(22)21-16-12-8-7-9-13-16/h7-9,12-13,17H,3-6,10-11,14-15H2,1-2H3,(H,21,22). The molecule has 0 aliphatic rings. The van der Waals surface area contributed by atoms with Crippen molar-refractivity contribution in [3.8, 4) is 0 Å². The van der Waals surface area contributed by atoms with Gasteiger partial charge < -0.3 is 14.8 Å². The fraction of sp³-hybridized carbons (Fsp3) is 0.550. The maximum absolute atomic E-state index is 11.9. The molecular weight excluding hydrogens is 334 g/mol. The van der Waals surface area contributed by atoms with Gasteiger partial charge in [-0.15, -0.1) is 0 Å². The highest BCUT2D eigenvalue weighted by atomic mass is 16.6. The molecule has 0 aliphatic carbocycles. The van der Waals surface area contributed by atoms with E-state index in [-0.39, 0.29) is 19.1 Å². The van der Waals surface area contributed by atoms with Crippen molar-refractivity contribution >= 4 is 23.5 Å². The van der Waals surface area contributed by atoms with Crippen LogP contribution in [0.3, 0.4) is 0 Å². The molecule has 0 radical (unpaired) electrons. The second kappa shape index (κ2) is 12.9. The molecule has 1 rings (SSSR count). The first-order chi connectivity index (χ1) is 12.6. The Morgan fingerprint density at radius 1 is 0.885 bits per heavy atom. The molecule has 0 saturated heterocycles. The molecule has 0 aliphatic heterocycles. The van der Waals surface area contributed by atoms with Crippen molar-refractivity contribution in [3.63, 3.8) is 0 Å². The number of hydrogen-bond acceptors (Lipinski definition) is 5. The number of hydrogen-bond donors (Lipinski definition) is 1. The van der Waals surface area contributed by atoms with Crippen LogP contribution < -0.4 is 5.32 Å². The molecule has 26 heavy (non-hydrogen) atoms. The highest BCUT2D eigenvalue weighted by Crippen LogP contribution is 2.16. The van der Waals surface area contributed by atoms with Gasteiger partial charge in [-0.05, 0) is 38.8 Å². The van der Waals surface area contributed by atoms with E-state index in [1.54, 1.807) is 13.8 Å². The first-order valence-electron chi connectivity index (χ1n) is 9.26.